The number of nitrogens with zero attached hydrogens (tertiary/aromatic N) is 1. The van der Waals surface area contributed by atoms with Gasteiger partial charge < -0.3 is 14.4 Å². The zero-order valence-corrected chi connectivity index (χ0v) is 10.2. The molecule has 0 aliphatic carbocycles. The third-order valence-electron chi connectivity index (χ3n) is 3.43. The molecule has 2 heterocycles. The van der Waals surface area contributed by atoms with Crippen molar-refractivity contribution >= 4 is 11.6 Å². The number of rotatable bonds is 3. The van der Waals surface area contributed by atoms with Crippen LogP contribution in [0.1, 0.15) is 19.3 Å². The molecule has 0 spiro atoms. The van der Waals surface area contributed by atoms with Gasteiger partial charge in [-0.3, -0.25) is 4.79 Å². The lowest BCUT2D eigenvalue weighted by molar-refractivity contribution is -0.158. The number of carbonyl (C=O) groups is 1. The topological polar surface area (TPSA) is 38.8 Å². The van der Waals surface area contributed by atoms with Crippen LogP contribution in [0.15, 0.2) is 30.3 Å². The molecule has 2 aliphatic rings. The number of para-hydroxylation sites is 1. The number of benzene rings is 1. The molecule has 1 aromatic rings. The van der Waals surface area contributed by atoms with E-state index < -0.39 is 0 Å². The summed E-state index contributed by atoms with van der Waals surface area (Å²) in [4.78, 5) is 14.0. The maximum Gasteiger partial charge on any atom is 0.256 e. The Bertz CT molecular complexity index is 414. The van der Waals surface area contributed by atoms with Gasteiger partial charge in [-0.05, 0) is 18.6 Å². The summed E-state index contributed by atoms with van der Waals surface area (Å²) in [5.74, 6) is 0.0525. The number of hydrogen-bond acceptors (Lipinski definition) is 3. The number of hydrogen-bond donors (Lipinski definition) is 0. The third kappa shape index (κ3) is 2.26. The molecule has 0 bridgehead atoms. The van der Waals surface area contributed by atoms with E-state index in [-0.39, 0.29) is 18.3 Å². The predicted molar refractivity (Wildman–Crippen MR) is 67.3 cm³/mol. The normalized spacial score (nSPS) is 28.0. The van der Waals surface area contributed by atoms with Gasteiger partial charge in [-0.15, -0.1) is 0 Å². The summed E-state index contributed by atoms with van der Waals surface area (Å²) in [5.41, 5.74) is 0.945. The van der Waals surface area contributed by atoms with Gasteiger partial charge in [0, 0.05) is 31.7 Å². The van der Waals surface area contributed by atoms with Gasteiger partial charge in [-0.1, -0.05) is 18.2 Å². The van der Waals surface area contributed by atoms with Crippen molar-refractivity contribution in [2.24, 2.45) is 0 Å². The van der Waals surface area contributed by atoms with Crippen molar-refractivity contribution in [1.82, 2.24) is 0 Å². The fraction of sp³-hybridized carbons (Fsp3) is 0.500. The highest BCUT2D eigenvalue weighted by Gasteiger charge is 2.35. The Morgan fingerprint density at radius 1 is 1.22 bits per heavy atom. The Kier molecular flexibility index (Phi) is 3.30. The van der Waals surface area contributed by atoms with Crippen LogP contribution < -0.4 is 4.90 Å². The standard InChI is InChI=1S/C14H17NO3/c16-14-12(18-13-7-4-10-17-13)8-9-15(14)11-5-2-1-3-6-11/h1-3,5-6,12-13H,4,7-10H2. The van der Waals surface area contributed by atoms with E-state index in [0.29, 0.717) is 0 Å². The lowest BCUT2D eigenvalue weighted by atomic mass is 10.3. The molecule has 18 heavy (non-hydrogen) atoms. The van der Waals surface area contributed by atoms with Gasteiger partial charge in [-0.25, -0.2) is 0 Å². The highest BCUT2D eigenvalue weighted by molar-refractivity contribution is 5.98. The zero-order valence-electron chi connectivity index (χ0n) is 10.2. The van der Waals surface area contributed by atoms with Crippen LogP contribution in [0, 0.1) is 0 Å². The van der Waals surface area contributed by atoms with Crippen molar-refractivity contribution in [3.8, 4) is 0 Å². The van der Waals surface area contributed by atoms with Crippen molar-refractivity contribution in [2.75, 3.05) is 18.1 Å². The summed E-state index contributed by atoms with van der Waals surface area (Å²) < 4.78 is 11.1. The van der Waals surface area contributed by atoms with E-state index in [2.05, 4.69) is 0 Å². The third-order valence-corrected chi connectivity index (χ3v) is 3.43. The van der Waals surface area contributed by atoms with Gasteiger partial charge in [0.25, 0.3) is 5.91 Å². The number of anilines is 1. The molecule has 96 valence electrons. The molecule has 0 radical (unpaired) electrons. The first-order chi connectivity index (χ1) is 8.84. The Morgan fingerprint density at radius 3 is 2.78 bits per heavy atom. The molecule has 2 saturated heterocycles. The maximum atomic E-state index is 12.2. The summed E-state index contributed by atoms with van der Waals surface area (Å²) in [6.45, 7) is 1.47. The smallest absolute Gasteiger partial charge is 0.256 e. The summed E-state index contributed by atoms with van der Waals surface area (Å²) in [7, 11) is 0. The molecule has 1 aromatic carbocycles. The van der Waals surface area contributed by atoms with Crippen molar-refractivity contribution < 1.29 is 14.3 Å². The molecular weight excluding hydrogens is 230 g/mol. The average Bonchev–Trinajstić information content (AvgIpc) is 3.03. The van der Waals surface area contributed by atoms with Gasteiger partial charge in [0.1, 0.15) is 6.10 Å². The second-order valence-electron chi connectivity index (χ2n) is 4.68. The molecule has 1 amide bonds. The molecule has 4 heteroatoms. The summed E-state index contributed by atoms with van der Waals surface area (Å²) >= 11 is 0. The van der Waals surface area contributed by atoms with E-state index in [4.69, 9.17) is 9.47 Å². The van der Waals surface area contributed by atoms with Crippen LogP contribution in [0.5, 0.6) is 0 Å². The molecular formula is C14H17NO3. The largest absolute Gasteiger partial charge is 0.353 e. The van der Waals surface area contributed by atoms with Crippen LogP contribution >= 0.6 is 0 Å². The highest BCUT2D eigenvalue weighted by atomic mass is 16.7. The van der Waals surface area contributed by atoms with Crippen molar-refractivity contribution in [3.63, 3.8) is 0 Å². The van der Waals surface area contributed by atoms with Gasteiger partial charge in [-0.2, -0.15) is 0 Å². The van der Waals surface area contributed by atoms with Crippen LogP contribution in [-0.2, 0) is 14.3 Å². The van der Waals surface area contributed by atoms with E-state index in [1.165, 1.54) is 0 Å². The van der Waals surface area contributed by atoms with Crippen LogP contribution in [0.2, 0.25) is 0 Å². The van der Waals surface area contributed by atoms with E-state index in [1.807, 2.05) is 30.3 Å². The van der Waals surface area contributed by atoms with E-state index in [1.54, 1.807) is 4.90 Å². The quantitative estimate of drug-likeness (QED) is 0.819. The molecule has 2 unspecified atom stereocenters. The molecule has 0 aromatic heterocycles. The Morgan fingerprint density at radius 2 is 2.06 bits per heavy atom. The minimum atomic E-state index is -0.340. The van der Waals surface area contributed by atoms with Crippen LogP contribution in [0.3, 0.4) is 0 Å². The summed E-state index contributed by atoms with van der Waals surface area (Å²) in [6.07, 6.45) is 2.14. The molecule has 0 saturated carbocycles. The monoisotopic (exact) mass is 247 g/mol. The lowest BCUT2D eigenvalue weighted by Gasteiger charge is -2.18. The van der Waals surface area contributed by atoms with Gasteiger partial charge in [0.15, 0.2) is 6.29 Å². The van der Waals surface area contributed by atoms with Gasteiger partial charge in [0.2, 0.25) is 0 Å². The average molecular weight is 247 g/mol. The zero-order chi connectivity index (χ0) is 12.4. The molecule has 2 atom stereocenters. The minimum Gasteiger partial charge on any atom is -0.353 e. The number of ether oxygens (including phenoxy) is 2. The first kappa shape index (κ1) is 11.7. The first-order valence-corrected chi connectivity index (χ1v) is 6.48. The predicted octanol–water partition coefficient (Wildman–Crippen LogP) is 1.95. The van der Waals surface area contributed by atoms with E-state index in [0.717, 1.165) is 38.1 Å². The maximum absolute atomic E-state index is 12.2. The number of amides is 1. The molecule has 2 fully saturated rings. The Labute approximate surface area is 106 Å². The van der Waals surface area contributed by atoms with Crippen molar-refractivity contribution in [1.29, 1.82) is 0 Å². The fourth-order valence-corrected chi connectivity index (χ4v) is 2.48. The van der Waals surface area contributed by atoms with E-state index in [9.17, 15) is 4.79 Å². The van der Waals surface area contributed by atoms with Crippen LogP contribution in [-0.4, -0.2) is 31.5 Å². The van der Waals surface area contributed by atoms with E-state index >= 15 is 0 Å². The second-order valence-corrected chi connectivity index (χ2v) is 4.68. The van der Waals surface area contributed by atoms with Crippen molar-refractivity contribution in [2.45, 2.75) is 31.7 Å². The molecule has 4 nitrogen and oxygen atoms in total. The SMILES string of the molecule is O=C1C(OC2CCCO2)CCN1c1ccccc1. The fourth-order valence-electron chi connectivity index (χ4n) is 2.48. The summed E-state index contributed by atoms with van der Waals surface area (Å²) in [6, 6.07) is 9.73. The van der Waals surface area contributed by atoms with Gasteiger partial charge >= 0.3 is 0 Å². The summed E-state index contributed by atoms with van der Waals surface area (Å²) in [5, 5.41) is 0. The van der Waals surface area contributed by atoms with Gasteiger partial charge in [0.05, 0.1) is 0 Å². The van der Waals surface area contributed by atoms with Crippen LogP contribution in [0.4, 0.5) is 5.69 Å². The Hall–Kier alpha value is -1.39. The lowest BCUT2D eigenvalue weighted by Crippen LogP contribution is -2.32. The van der Waals surface area contributed by atoms with Crippen molar-refractivity contribution in [3.05, 3.63) is 30.3 Å². The first-order valence-electron chi connectivity index (χ1n) is 6.48. The second kappa shape index (κ2) is 5.08. The molecule has 3 rings (SSSR count). The molecule has 2 aliphatic heterocycles. The minimum absolute atomic E-state index is 0.0525. The number of carbonyl (C=O) groups excluding carboxylic acids is 1. The molecule has 0 N–H and O–H groups in total. The van der Waals surface area contributed by atoms with Crippen LogP contribution in [0.25, 0.3) is 0 Å². The Balaban J connectivity index is 1.65. The highest BCUT2D eigenvalue weighted by Crippen LogP contribution is 2.25.